The van der Waals surface area contributed by atoms with Crippen LogP contribution in [-0.2, 0) is 4.74 Å². The molecule has 0 bridgehead atoms. The van der Waals surface area contributed by atoms with Crippen LogP contribution in [0.2, 0.25) is 0 Å². The predicted molar refractivity (Wildman–Crippen MR) is 92.5 cm³/mol. The normalized spacial score (nSPS) is 10.7. The van der Waals surface area contributed by atoms with Gasteiger partial charge in [-0.25, -0.2) is 4.79 Å². The van der Waals surface area contributed by atoms with Crippen LogP contribution in [0.3, 0.4) is 0 Å². The predicted octanol–water partition coefficient (Wildman–Crippen LogP) is 4.13. The highest BCUT2D eigenvalue weighted by atomic mass is 16.5. The van der Waals surface area contributed by atoms with Crippen molar-refractivity contribution in [2.75, 3.05) is 6.61 Å². The molecule has 0 fully saturated rings. The number of ether oxygens (including phenoxy) is 1. The van der Waals surface area contributed by atoms with Gasteiger partial charge in [0.15, 0.2) is 0 Å². The van der Waals surface area contributed by atoms with Gasteiger partial charge in [0.2, 0.25) is 5.78 Å². The molecule has 3 rings (SSSR count). The summed E-state index contributed by atoms with van der Waals surface area (Å²) in [6.45, 7) is 2.43. The van der Waals surface area contributed by atoms with Crippen LogP contribution in [0.5, 0.6) is 0 Å². The molecule has 0 spiro atoms. The van der Waals surface area contributed by atoms with Gasteiger partial charge in [0.1, 0.15) is 0 Å². The van der Waals surface area contributed by atoms with Gasteiger partial charge in [-0.15, -0.1) is 0 Å². The summed E-state index contributed by atoms with van der Waals surface area (Å²) >= 11 is 0. The molecule has 24 heavy (non-hydrogen) atoms. The van der Waals surface area contributed by atoms with Crippen molar-refractivity contribution in [2.45, 2.75) is 19.8 Å². The molecule has 4 heteroatoms. The number of benzene rings is 1. The molecule has 2 heterocycles. The van der Waals surface area contributed by atoms with E-state index in [-0.39, 0.29) is 11.8 Å². The van der Waals surface area contributed by atoms with E-state index in [0.29, 0.717) is 28.9 Å². The molecular weight excluding hydrogens is 302 g/mol. The zero-order valence-corrected chi connectivity index (χ0v) is 13.6. The fourth-order valence-corrected chi connectivity index (χ4v) is 2.62. The lowest BCUT2D eigenvalue weighted by Gasteiger charge is -2.03. The minimum Gasteiger partial charge on any atom is -0.462 e. The molecule has 0 radical (unpaired) electrons. The standard InChI is InChI=1S/C20H19NO3/c1-2-3-13-24-20(23)16-14-18(21-12-8-7-11-17(16)21)19(22)15-9-5-4-6-10-15/h4-12,14H,2-3,13H2,1H3. The number of hydrogen-bond donors (Lipinski definition) is 0. The van der Waals surface area contributed by atoms with Crippen LogP contribution < -0.4 is 0 Å². The first kappa shape index (κ1) is 16.0. The van der Waals surface area contributed by atoms with Crippen LogP contribution >= 0.6 is 0 Å². The molecule has 0 aliphatic rings. The van der Waals surface area contributed by atoms with E-state index in [1.54, 1.807) is 28.8 Å². The van der Waals surface area contributed by atoms with E-state index in [1.807, 2.05) is 43.3 Å². The van der Waals surface area contributed by atoms with Gasteiger partial charge >= 0.3 is 5.97 Å². The van der Waals surface area contributed by atoms with Crippen LogP contribution in [0.1, 0.15) is 46.2 Å². The van der Waals surface area contributed by atoms with E-state index in [1.165, 1.54) is 0 Å². The van der Waals surface area contributed by atoms with Crippen molar-refractivity contribution < 1.29 is 14.3 Å². The minimum atomic E-state index is -0.390. The Morgan fingerprint density at radius 3 is 2.54 bits per heavy atom. The van der Waals surface area contributed by atoms with Crippen molar-refractivity contribution in [1.82, 2.24) is 4.40 Å². The Balaban J connectivity index is 2.01. The van der Waals surface area contributed by atoms with Crippen LogP contribution in [0, 0.1) is 0 Å². The highest BCUT2D eigenvalue weighted by Crippen LogP contribution is 2.21. The maximum Gasteiger partial charge on any atom is 0.340 e. The Morgan fingerprint density at radius 1 is 1.04 bits per heavy atom. The topological polar surface area (TPSA) is 47.8 Å². The maximum atomic E-state index is 12.8. The first-order valence-corrected chi connectivity index (χ1v) is 8.09. The largest absolute Gasteiger partial charge is 0.462 e. The van der Waals surface area contributed by atoms with E-state index in [0.717, 1.165) is 12.8 Å². The Hall–Kier alpha value is -2.88. The third-order valence-electron chi connectivity index (χ3n) is 3.90. The molecule has 0 saturated heterocycles. The number of carbonyl (C=O) groups excluding carboxylic acids is 2. The smallest absolute Gasteiger partial charge is 0.340 e. The fraction of sp³-hybridized carbons (Fsp3) is 0.200. The number of aromatic nitrogens is 1. The summed E-state index contributed by atoms with van der Waals surface area (Å²) in [5.74, 6) is -0.510. The summed E-state index contributed by atoms with van der Waals surface area (Å²) in [5, 5.41) is 0. The van der Waals surface area contributed by atoms with Crippen molar-refractivity contribution in [1.29, 1.82) is 0 Å². The minimum absolute atomic E-state index is 0.121. The van der Waals surface area contributed by atoms with Crippen molar-refractivity contribution in [3.63, 3.8) is 0 Å². The zero-order valence-electron chi connectivity index (χ0n) is 13.6. The van der Waals surface area contributed by atoms with Crippen molar-refractivity contribution in [3.8, 4) is 0 Å². The summed E-state index contributed by atoms with van der Waals surface area (Å²) in [4.78, 5) is 25.1. The number of rotatable bonds is 6. The lowest BCUT2D eigenvalue weighted by Crippen LogP contribution is -2.05. The number of ketones is 1. The third kappa shape index (κ3) is 3.08. The molecule has 3 aromatic rings. The number of esters is 1. The number of pyridine rings is 1. The van der Waals surface area contributed by atoms with E-state index in [2.05, 4.69) is 0 Å². The van der Waals surface area contributed by atoms with E-state index in [9.17, 15) is 9.59 Å². The zero-order chi connectivity index (χ0) is 16.9. The first-order chi connectivity index (χ1) is 11.7. The second-order valence-corrected chi connectivity index (χ2v) is 5.58. The molecule has 0 amide bonds. The second-order valence-electron chi connectivity index (χ2n) is 5.58. The van der Waals surface area contributed by atoms with Gasteiger partial charge in [0.25, 0.3) is 0 Å². The van der Waals surface area contributed by atoms with Gasteiger partial charge in [-0.2, -0.15) is 0 Å². The number of hydrogen-bond acceptors (Lipinski definition) is 3. The van der Waals surface area contributed by atoms with Crippen LogP contribution in [0.25, 0.3) is 5.52 Å². The van der Waals surface area contributed by atoms with E-state index < -0.39 is 0 Å². The van der Waals surface area contributed by atoms with E-state index in [4.69, 9.17) is 4.74 Å². The molecule has 1 aromatic carbocycles. The SMILES string of the molecule is CCCCOC(=O)c1cc(C(=O)c2ccccc2)n2ccccc12. The monoisotopic (exact) mass is 321 g/mol. The Bertz CT molecular complexity index is 865. The van der Waals surface area contributed by atoms with E-state index >= 15 is 0 Å². The third-order valence-corrected chi connectivity index (χ3v) is 3.90. The van der Waals surface area contributed by atoms with Crippen molar-refractivity contribution in [3.05, 3.63) is 77.6 Å². The fourth-order valence-electron chi connectivity index (χ4n) is 2.62. The molecule has 122 valence electrons. The summed E-state index contributed by atoms with van der Waals surface area (Å²) < 4.78 is 7.05. The summed E-state index contributed by atoms with van der Waals surface area (Å²) in [6, 6.07) is 16.2. The van der Waals surface area contributed by atoms with Gasteiger partial charge in [-0.3, -0.25) is 4.79 Å². The van der Waals surface area contributed by atoms with Crippen LogP contribution in [0.15, 0.2) is 60.8 Å². The average Bonchev–Trinajstić information content (AvgIpc) is 3.02. The van der Waals surface area contributed by atoms with Crippen LogP contribution in [-0.4, -0.2) is 22.8 Å². The number of unbranched alkanes of at least 4 members (excludes halogenated alkanes) is 1. The lowest BCUT2D eigenvalue weighted by atomic mass is 10.1. The van der Waals surface area contributed by atoms with Crippen molar-refractivity contribution in [2.24, 2.45) is 0 Å². The van der Waals surface area contributed by atoms with Gasteiger partial charge in [-0.05, 0) is 24.6 Å². The molecule has 0 saturated carbocycles. The highest BCUT2D eigenvalue weighted by Gasteiger charge is 2.20. The molecule has 0 N–H and O–H groups in total. The van der Waals surface area contributed by atoms with Gasteiger partial charge < -0.3 is 9.14 Å². The highest BCUT2D eigenvalue weighted by molar-refractivity contribution is 6.11. The molecular formula is C20H19NO3. The molecule has 0 unspecified atom stereocenters. The van der Waals surface area contributed by atoms with Gasteiger partial charge in [0.05, 0.1) is 23.4 Å². The molecule has 2 aromatic heterocycles. The Labute approximate surface area is 140 Å². The number of carbonyl (C=O) groups is 2. The van der Waals surface area contributed by atoms with Crippen LogP contribution in [0.4, 0.5) is 0 Å². The summed E-state index contributed by atoms with van der Waals surface area (Å²) in [7, 11) is 0. The average molecular weight is 321 g/mol. The molecule has 0 aliphatic heterocycles. The Morgan fingerprint density at radius 2 is 1.79 bits per heavy atom. The maximum absolute atomic E-state index is 12.8. The van der Waals surface area contributed by atoms with Gasteiger partial charge in [-0.1, -0.05) is 49.7 Å². The molecule has 0 atom stereocenters. The number of fused-ring (bicyclic) bond motifs is 1. The second kappa shape index (κ2) is 7.13. The van der Waals surface area contributed by atoms with Gasteiger partial charge in [0, 0.05) is 11.8 Å². The quantitative estimate of drug-likeness (QED) is 0.390. The summed E-state index contributed by atoms with van der Waals surface area (Å²) in [6.07, 6.45) is 3.57. The summed E-state index contributed by atoms with van der Waals surface area (Å²) in [5.41, 5.74) is 2.15. The Kier molecular flexibility index (Phi) is 4.75. The lowest BCUT2D eigenvalue weighted by molar-refractivity contribution is 0.0502. The molecule has 0 aliphatic carbocycles. The number of nitrogens with zero attached hydrogens (tertiary/aromatic N) is 1. The molecule has 4 nitrogen and oxygen atoms in total. The van der Waals surface area contributed by atoms with Crippen molar-refractivity contribution >= 4 is 17.3 Å². The first-order valence-electron chi connectivity index (χ1n) is 8.09.